The minimum Gasteiger partial charge on any atom is -0.422 e. The Labute approximate surface area is 167 Å². The Morgan fingerprint density at radius 3 is 1.61 bits per heavy atom. The molecule has 1 rings (SSSR count). The predicted octanol–water partition coefficient (Wildman–Crippen LogP) is 4.15. The standard InChI is InChI=1S/C22H33NO5/c1-20(2,3)17(23)16(24)13-10-11-14(27-18(25)21(4,5)6)15(12-13)28-19(26)22(7,8)9/h10-12,17H,23H2,1-9H3. The van der Waals surface area contributed by atoms with Crippen LogP contribution in [0, 0.1) is 16.2 Å². The van der Waals surface area contributed by atoms with Crippen LogP contribution in [-0.2, 0) is 9.59 Å². The Morgan fingerprint density at radius 2 is 1.21 bits per heavy atom. The van der Waals surface area contributed by atoms with Crippen molar-refractivity contribution in [1.29, 1.82) is 0 Å². The molecule has 156 valence electrons. The van der Waals surface area contributed by atoms with Crippen molar-refractivity contribution < 1.29 is 23.9 Å². The van der Waals surface area contributed by atoms with Gasteiger partial charge in [-0.1, -0.05) is 20.8 Å². The summed E-state index contributed by atoms with van der Waals surface area (Å²) in [5, 5.41) is 0. The highest BCUT2D eigenvalue weighted by atomic mass is 16.6. The number of ether oxygens (including phenoxy) is 2. The van der Waals surface area contributed by atoms with Gasteiger partial charge in [-0.25, -0.2) is 0 Å². The fourth-order valence-electron chi connectivity index (χ4n) is 1.90. The number of benzene rings is 1. The predicted molar refractivity (Wildman–Crippen MR) is 108 cm³/mol. The maximum atomic E-state index is 12.7. The SMILES string of the molecule is CC(C)(C)C(=O)Oc1ccc(C(=O)C(N)C(C)(C)C)cc1OC(=O)C(C)(C)C. The van der Waals surface area contributed by atoms with Crippen molar-refractivity contribution in [2.24, 2.45) is 22.0 Å². The van der Waals surface area contributed by atoms with E-state index in [4.69, 9.17) is 15.2 Å². The second kappa shape index (κ2) is 8.03. The molecule has 0 saturated heterocycles. The molecule has 0 amide bonds. The minimum atomic E-state index is -0.771. The number of rotatable bonds is 4. The summed E-state index contributed by atoms with van der Waals surface area (Å²) in [5.74, 6) is -1.17. The largest absolute Gasteiger partial charge is 0.422 e. The van der Waals surface area contributed by atoms with Crippen LogP contribution in [0.5, 0.6) is 11.5 Å². The minimum absolute atomic E-state index is 0.0180. The lowest BCUT2D eigenvalue weighted by molar-refractivity contribution is -0.145. The lowest BCUT2D eigenvalue weighted by Gasteiger charge is -2.26. The summed E-state index contributed by atoms with van der Waals surface area (Å²) in [6.45, 7) is 15.9. The van der Waals surface area contributed by atoms with Gasteiger partial charge >= 0.3 is 11.9 Å². The Hall–Kier alpha value is -2.21. The summed E-state index contributed by atoms with van der Waals surface area (Å²) >= 11 is 0. The fraction of sp³-hybridized carbons (Fsp3) is 0.591. The maximum Gasteiger partial charge on any atom is 0.316 e. The van der Waals surface area contributed by atoms with Crippen molar-refractivity contribution in [3.05, 3.63) is 23.8 Å². The van der Waals surface area contributed by atoms with Gasteiger partial charge in [-0.15, -0.1) is 0 Å². The van der Waals surface area contributed by atoms with Crippen LogP contribution < -0.4 is 15.2 Å². The van der Waals surface area contributed by atoms with Crippen molar-refractivity contribution in [3.8, 4) is 11.5 Å². The highest BCUT2D eigenvalue weighted by Gasteiger charge is 2.31. The van der Waals surface area contributed by atoms with Gasteiger partial charge in [0, 0.05) is 5.56 Å². The van der Waals surface area contributed by atoms with Crippen molar-refractivity contribution in [2.75, 3.05) is 0 Å². The average molecular weight is 392 g/mol. The summed E-state index contributed by atoms with van der Waals surface area (Å²) in [5.41, 5.74) is 4.42. The topological polar surface area (TPSA) is 95.7 Å². The molecule has 28 heavy (non-hydrogen) atoms. The Bertz CT molecular complexity index is 761. The number of hydrogen-bond acceptors (Lipinski definition) is 6. The molecule has 1 aromatic carbocycles. The highest BCUT2D eigenvalue weighted by molar-refractivity contribution is 6.01. The monoisotopic (exact) mass is 391 g/mol. The molecule has 0 heterocycles. The van der Waals surface area contributed by atoms with Crippen LogP contribution in [0.25, 0.3) is 0 Å². The van der Waals surface area contributed by atoms with E-state index in [0.717, 1.165) is 0 Å². The summed E-state index contributed by atoms with van der Waals surface area (Å²) in [6.07, 6.45) is 0. The molecule has 0 aliphatic heterocycles. The van der Waals surface area contributed by atoms with E-state index in [9.17, 15) is 14.4 Å². The zero-order chi connectivity index (χ0) is 22.1. The number of hydrogen-bond donors (Lipinski definition) is 1. The number of nitrogens with two attached hydrogens (primary N) is 1. The van der Waals surface area contributed by atoms with Crippen LogP contribution in [0.3, 0.4) is 0 Å². The first-order chi connectivity index (χ1) is 12.4. The second-order valence-electron chi connectivity index (χ2n) is 10.1. The first-order valence-electron chi connectivity index (χ1n) is 9.33. The third-order valence-corrected chi connectivity index (χ3v) is 4.07. The molecule has 1 unspecified atom stereocenters. The molecule has 0 bridgehead atoms. The van der Waals surface area contributed by atoms with E-state index in [0.29, 0.717) is 0 Å². The molecule has 1 atom stereocenters. The van der Waals surface area contributed by atoms with E-state index in [2.05, 4.69) is 0 Å². The zero-order valence-corrected chi connectivity index (χ0v) is 18.4. The summed E-state index contributed by atoms with van der Waals surface area (Å²) in [4.78, 5) is 37.4. The molecule has 6 nitrogen and oxygen atoms in total. The van der Waals surface area contributed by atoms with Gasteiger partial charge in [0.1, 0.15) is 0 Å². The van der Waals surface area contributed by atoms with Gasteiger partial charge in [0.05, 0.1) is 16.9 Å². The maximum absolute atomic E-state index is 12.7. The molecule has 0 radical (unpaired) electrons. The van der Waals surface area contributed by atoms with Crippen LogP contribution >= 0.6 is 0 Å². The fourth-order valence-corrected chi connectivity index (χ4v) is 1.90. The number of esters is 2. The van der Waals surface area contributed by atoms with Gasteiger partial charge in [0.15, 0.2) is 17.3 Å². The van der Waals surface area contributed by atoms with E-state index in [1.165, 1.54) is 18.2 Å². The average Bonchev–Trinajstić information content (AvgIpc) is 2.52. The quantitative estimate of drug-likeness (QED) is 0.471. The number of Topliss-reactive ketones (excluding diaryl/α,β-unsaturated/α-hetero) is 1. The van der Waals surface area contributed by atoms with E-state index >= 15 is 0 Å². The second-order valence-corrected chi connectivity index (χ2v) is 10.1. The lowest BCUT2D eigenvalue weighted by Crippen LogP contribution is -2.42. The molecule has 0 spiro atoms. The first kappa shape index (κ1) is 23.8. The van der Waals surface area contributed by atoms with Crippen molar-refractivity contribution >= 4 is 17.7 Å². The molecule has 6 heteroatoms. The molecule has 0 aliphatic rings. The van der Waals surface area contributed by atoms with Crippen LogP contribution in [0.15, 0.2) is 18.2 Å². The van der Waals surface area contributed by atoms with Crippen molar-refractivity contribution in [1.82, 2.24) is 0 Å². The zero-order valence-electron chi connectivity index (χ0n) is 18.4. The molecule has 0 saturated carbocycles. The Kier molecular flexibility index (Phi) is 6.84. The molecule has 0 fully saturated rings. The Balaban J connectivity index is 3.36. The van der Waals surface area contributed by atoms with Gasteiger partial charge in [0.2, 0.25) is 0 Å². The molecular weight excluding hydrogens is 358 g/mol. The van der Waals surface area contributed by atoms with Gasteiger partial charge in [-0.05, 0) is 65.2 Å². The van der Waals surface area contributed by atoms with Crippen LogP contribution in [0.4, 0.5) is 0 Å². The third-order valence-electron chi connectivity index (χ3n) is 4.07. The normalized spacial score (nSPS) is 13.6. The molecular formula is C22H33NO5. The van der Waals surface area contributed by atoms with Crippen LogP contribution in [0.2, 0.25) is 0 Å². The Morgan fingerprint density at radius 1 is 0.786 bits per heavy atom. The summed E-state index contributed by atoms with van der Waals surface area (Å²) < 4.78 is 10.9. The van der Waals surface area contributed by atoms with Crippen molar-refractivity contribution in [2.45, 2.75) is 68.4 Å². The molecule has 0 aliphatic carbocycles. The van der Waals surface area contributed by atoms with Crippen LogP contribution in [0.1, 0.15) is 72.7 Å². The number of carbonyl (C=O) groups excluding carboxylic acids is 3. The van der Waals surface area contributed by atoms with Crippen LogP contribution in [-0.4, -0.2) is 23.8 Å². The van der Waals surface area contributed by atoms with E-state index in [1.807, 2.05) is 20.8 Å². The first-order valence-corrected chi connectivity index (χ1v) is 9.33. The number of ketones is 1. The third kappa shape index (κ3) is 6.16. The van der Waals surface area contributed by atoms with Gasteiger partial charge in [-0.3, -0.25) is 14.4 Å². The number of carbonyl (C=O) groups is 3. The molecule has 1 aromatic rings. The van der Waals surface area contributed by atoms with Gasteiger partial charge in [0.25, 0.3) is 0 Å². The lowest BCUT2D eigenvalue weighted by atomic mass is 9.83. The van der Waals surface area contributed by atoms with Crippen molar-refractivity contribution in [3.63, 3.8) is 0 Å². The van der Waals surface area contributed by atoms with E-state index in [1.54, 1.807) is 41.5 Å². The van der Waals surface area contributed by atoms with Gasteiger partial charge in [-0.2, -0.15) is 0 Å². The van der Waals surface area contributed by atoms with E-state index < -0.39 is 34.2 Å². The summed E-state index contributed by atoms with van der Waals surface area (Å²) in [6, 6.07) is 3.65. The summed E-state index contributed by atoms with van der Waals surface area (Å²) in [7, 11) is 0. The van der Waals surface area contributed by atoms with E-state index in [-0.39, 0.29) is 22.8 Å². The smallest absolute Gasteiger partial charge is 0.316 e. The molecule has 2 N–H and O–H groups in total. The molecule has 0 aromatic heterocycles. The highest BCUT2D eigenvalue weighted by Crippen LogP contribution is 2.33. The van der Waals surface area contributed by atoms with Gasteiger partial charge < -0.3 is 15.2 Å².